The second kappa shape index (κ2) is 5.79. The molecule has 1 aromatic heterocycles. The molecule has 2 aromatic rings. The SMILES string of the molecule is Nc1ccccc1Oc1ncccc1N1CCOCC1. The van der Waals surface area contributed by atoms with Crippen LogP contribution in [0.15, 0.2) is 42.6 Å². The average Bonchev–Trinajstić information content (AvgIpc) is 2.51. The molecule has 0 saturated carbocycles. The number of nitrogen functional groups attached to an aromatic ring is 1. The van der Waals surface area contributed by atoms with Crippen molar-refractivity contribution >= 4 is 11.4 Å². The number of nitrogens with two attached hydrogens (primary N) is 1. The van der Waals surface area contributed by atoms with Gasteiger partial charge in [0.2, 0.25) is 5.88 Å². The largest absolute Gasteiger partial charge is 0.435 e. The summed E-state index contributed by atoms with van der Waals surface area (Å²) in [7, 11) is 0. The summed E-state index contributed by atoms with van der Waals surface area (Å²) < 4.78 is 11.3. The van der Waals surface area contributed by atoms with Gasteiger partial charge in [-0.15, -0.1) is 0 Å². The van der Waals surface area contributed by atoms with E-state index in [9.17, 15) is 0 Å². The summed E-state index contributed by atoms with van der Waals surface area (Å²) in [6.45, 7) is 3.13. The maximum absolute atomic E-state index is 5.91. The second-order valence-corrected chi connectivity index (χ2v) is 4.57. The average molecular weight is 271 g/mol. The molecule has 0 bridgehead atoms. The smallest absolute Gasteiger partial charge is 0.243 e. The van der Waals surface area contributed by atoms with Crippen LogP contribution in [-0.4, -0.2) is 31.3 Å². The van der Waals surface area contributed by atoms with Crippen molar-refractivity contribution in [1.82, 2.24) is 4.98 Å². The van der Waals surface area contributed by atoms with E-state index in [1.807, 2.05) is 36.4 Å². The summed E-state index contributed by atoms with van der Waals surface area (Å²) in [5.41, 5.74) is 7.48. The van der Waals surface area contributed by atoms with Crippen LogP contribution in [0.1, 0.15) is 0 Å². The Bertz CT molecular complexity index is 583. The zero-order valence-electron chi connectivity index (χ0n) is 11.2. The van der Waals surface area contributed by atoms with Gasteiger partial charge in [-0.1, -0.05) is 12.1 Å². The minimum absolute atomic E-state index is 0.576. The number of nitrogens with zero attached hydrogens (tertiary/aromatic N) is 2. The molecular formula is C15H17N3O2. The molecule has 2 N–H and O–H groups in total. The van der Waals surface area contributed by atoms with E-state index < -0.39 is 0 Å². The van der Waals surface area contributed by atoms with Crippen molar-refractivity contribution in [3.8, 4) is 11.6 Å². The molecule has 5 nitrogen and oxygen atoms in total. The maximum atomic E-state index is 5.91. The van der Waals surface area contributed by atoms with Gasteiger partial charge >= 0.3 is 0 Å². The Hall–Kier alpha value is -2.27. The fourth-order valence-corrected chi connectivity index (χ4v) is 2.18. The fraction of sp³-hybridized carbons (Fsp3) is 0.267. The van der Waals surface area contributed by atoms with Gasteiger partial charge in [0.1, 0.15) is 5.69 Å². The van der Waals surface area contributed by atoms with Gasteiger partial charge in [-0.2, -0.15) is 0 Å². The Morgan fingerprint density at radius 3 is 2.70 bits per heavy atom. The first-order chi connectivity index (χ1) is 9.84. The number of ether oxygens (including phenoxy) is 2. The van der Waals surface area contributed by atoms with Crippen LogP contribution in [0.25, 0.3) is 0 Å². The summed E-state index contributed by atoms with van der Waals surface area (Å²) in [4.78, 5) is 6.54. The minimum Gasteiger partial charge on any atom is -0.435 e. The molecular weight excluding hydrogens is 254 g/mol. The van der Waals surface area contributed by atoms with E-state index in [1.54, 1.807) is 6.20 Å². The molecule has 104 valence electrons. The third-order valence-corrected chi connectivity index (χ3v) is 3.23. The first-order valence-corrected chi connectivity index (χ1v) is 6.64. The third-order valence-electron chi connectivity index (χ3n) is 3.23. The topological polar surface area (TPSA) is 60.6 Å². The molecule has 20 heavy (non-hydrogen) atoms. The molecule has 0 amide bonds. The number of para-hydroxylation sites is 2. The predicted molar refractivity (Wildman–Crippen MR) is 78.2 cm³/mol. The molecule has 1 aliphatic rings. The predicted octanol–water partition coefficient (Wildman–Crippen LogP) is 2.29. The molecule has 0 spiro atoms. The monoisotopic (exact) mass is 271 g/mol. The van der Waals surface area contributed by atoms with Crippen molar-refractivity contribution in [3.63, 3.8) is 0 Å². The summed E-state index contributed by atoms with van der Waals surface area (Å²) in [6.07, 6.45) is 1.72. The van der Waals surface area contributed by atoms with Gasteiger partial charge in [0, 0.05) is 19.3 Å². The van der Waals surface area contributed by atoms with Gasteiger partial charge in [0.05, 0.1) is 18.9 Å². The molecule has 2 heterocycles. The summed E-state index contributed by atoms with van der Waals surface area (Å²) in [6, 6.07) is 11.3. The van der Waals surface area contributed by atoms with E-state index in [0.29, 0.717) is 17.3 Å². The van der Waals surface area contributed by atoms with Crippen molar-refractivity contribution in [2.75, 3.05) is 36.9 Å². The molecule has 3 rings (SSSR count). The van der Waals surface area contributed by atoms with E-state index in [1.165, 1.54) is 0 Å². The number of aromatic nitrogens is 1. The molecule has 0 aliphatic carbocycles. The highest BCUT2D eigenvalue weighted by Gasteiger charge is 2.17. The zero-order valence-corrected chi connectivity index (χ0v) is 11.2. The van der Waals surface area contributed by atoms with Crippen molar-refractivity contribution in [1.29, 1.82) is 0 Å². The standard InChI is InChI=1S/C15H17N3O2/c16-12-4-1-2-6-14(12)20-15-13(5-3-7-17-15)18-8-10-19-11-9-18/h1-7H,8-11,16H2. The lowest BCUT2D eigenvalue weighted by atomic mass is 10.3. The first kappa shape index (κ1) is 12.7. The number of anilines is 2. The highest BCUT2D eigenvalue weighted by Crippen LogP contribution is 2.32. The van der Waals surface area contributed by atoms with E-state index >= 15 is 0 Å². The number of pyridine rings is 1. The number of hydrogen-bond donors (Lipinski definition) is 1. The highest BCUT2D eigenvalue weighted by molar-refractivity contribution is 5.59. The summed E-state index contributed by atoms with van der Waals surface area (Å²) in [5.74, 6) is 1.20. The molecule has 1 fully saturated rings. The molecule has 0 atom stereocenters. The van der Waals surface area contributed by atoms with Crippen LogP contribution in [0.4, 0.5) is 11.4 Å². The molecule has 1 saturated heterocycles. The zero-order chi connectivity index (χ0) is 13.8. The van der Waals surface area contributed by atoms with Crippen LogP contribution < -0.4 is 15.4 Å². The Morgan fingerprint density at radius 1 is 1.10 bits per heavy atom. The summed E-state index contributed by atoms with van der Waals surface area (Å²) in [5, 5.41) is 0. The van der Waals surface area contributed by atoms with Gasteiger partial charge in [0.15, 0.2) is 5.75 Å². The normalized spacial score (nSPS) is 15.1. The summed E-state index contributed by atoms with van der Waals surface area (Å²) >= 11 is 0. The molecule has 1 aliphatic heterocycles. The lowest BCUT2D eigenvalue weighted by Crippen LogP contribution is -2.36. The second-order valence-electron chi connectivity index (χ2n) is 4.57. The van der Waals surface area contributed by atoms with Gasteiger partial charge < -0.3 is 20.1 Å². The van der Waals surface area contributed by atoms with Crippen LogP contribution in [0.5, 0.6) is 11.6 Å². The van der Waals surface area contributed by atoms with Crippen LogP contribution in [-0.2, 0) is 4.74 Å². The number of benzene rings is 1. The van der Waals surface area contributed by atoms with Crippen LogP contribution >= 0.6 is 0 Å². The van der Waals surface area contributed by atoms with E-state index in [2.05, 4.69) is 9.88 Å². The van der Waals surface area contributed by atoms with E-state index in [-0.39, 0.29) is 0 Å². The van der Waals surface area contributed by atoms with Crippen molar-refractivity contribution in [3.05, 3.63) is 42.6 Å². The van der Waals surface area contributed by atoms with Gasteiger partial charge in [-0.05, 0) is 24.3 Å². The molecule has 1 aromatic carbocycles. The highest BCUT2D eigenvalue weighted by atomic mass is 16.5. The molecule has 0 radical (unpaired) electrons. The van der Waals surface area contributed by atoms with Crippen LogP contribution in [0.3, 0.4) is 0 Å². The number of rotatable bonds is 3. The van der Waals surface area contributed by atoms with E-state index in [0.717, 1.165) is 32.0 Å². The maximum Gasteiger partial charge on any atom is 0.243 e. The Kier molecular flexibility index (Phi) is 3.69. The van der Waals surface area contributed by atoms with Gasteiger partial charge in [-0.25, -0.2) is 4.98 Å². The lowest BCUT2D eigenvalue weighted by molar-refractivity contribution is 0.122. The lowest BCUT2D eigenvalue weighted by Gasteiger charge is -2.29. The van der Waals surface area contributed by atoms with Crippen LogP contribution in [0.2, 0.25) is 0 Å². The fourth-order valence-electron chi connectivity index (χ4n) is 2.18. The van der Waals surface area contributed by atoms with Crippen molar-refractivity contribution in [2.24, 2.45) is 0 Å². The van der Waals surface area contributed by atoms with E-state index in [4.69, 9.17) is 15.2 Å². The van der Waals surface area contributed by atoms with Crippen molar-refractivity contribution < 1.29 is 9.47 Å². The first-order valence-electron chi connectivity index (χ1n) is 6.64. The quantitative estimate of drug-likeness (QED) is 0.868. The van der Waals surface area contributed by atoms with Gasteiger partial charge in [-0.3, -0.25) is 0 Å². The van der Waals surface area contributed by atoms with Crippen molar-refractivity contribution in [2.45, 2.75) is 0 Å². The third kappa shape index (κ3) is 2.67. The molecule has 0 unspecified atom stereocenters. The minimum atomic E-state index is 0.576. The van der Waals surface area contributed by atoms with Crippen LogP contribution in [0, 0.1) is 0 Å². The number of hydrogen-bond acceptors (Lipinski definition) is 5. The Morgan fingerprint density at radius 2 is 1.90 bits per heavy atom. The molecule has 5 heteroatoms. The Labute approximate surface area is 117 Å². The Balaban J connectivity index is 1.88. The van der Waals surface area contributed by atoms with Gasteiger partial charge in [0.25, 0.3) is 0 Å². The number of morpholine rings is 1.